The Morgan fingerprint density at radius 1 is 1.11 bits per heavy atom. The van der Waals surface area contributed by atoms with E-state index in [2.05, 4.69) is 10.6 Å². The summed E-state index contributed by atoms with van der Waals surface area (Å²) in [6.45, 7) is 1.13. The molecule has 0 aliphatic carbocycles. The van der Waals surface area contributed by atoms with Crippen molar-refractivity contribution in [2.24, 2.45) is 0 Å². The van der Waals surface area contributed by atoms with Gasteiger partial charge in [-0.2, -0.15) is 0 Å². The van der Waals surface area contributed by atoms with Gasteiger partial charge in [-0.15, -0.1) is 11.6 Å². The van der Waals surface area contributed by atoms with Crippen molar-refractivity contribution in [2.75, 3.05) is 24.3 Å². The lowest BCUT2D eigenvalue weighted by Gasteiger charge is -2.32. The summed E-state index contributed by atoms with van der Waals surface area (Å²) >= 11 is 11.8. The van der Waals surface area contributed by atoms with Crippen molar-refractivity contribution in [3.63, 3.8) is 0 Å². The number of halogens is 3. The van der Waals surface area contributed by atoms with Crippen molar-refractivity contribution < 1.29 is 14.0 Å². The van der Waals surface area contributed by atoms with E-state index in [1.54, 1.807) is 41.3 Å². The first-order chi connectivity index (χ1) is 13.5. The monoisotopic (exact) mass is 423 g/mol. The molecule has 0 bridgehead atoms. The number of piperidine rings is 1. The van der Waals surface area contributed by atoms with Crippen molar-refractivity contribution in [3.05, 3.63) is 53.3 Å². The molecule has 28 heavy (non-hydrogen) atoms. The molecule has 3 rings (SSSR count). The van der Waals surface area contributed by atoms with Crippen LogP contribution in [0, 0.1) is 5.82 Å². The molecule has 2 N–H and O–H groups in total. The number of likely N-dealkylation sites (tertiary alicyclic amines) is 1. The van der Waals surface area contributed by atoms with Gasteiger partial charge in [-0.3, -0.25) is 4.79 Å². The summed E-state index contributed by atoms with van der Waals surface area (Å²) in [6, 6.07) is 10.9. The highest BCUT2D eigenvalue weighted by atomic mass is 35.5. The molecule has 8 heteroatoms. The van der Waals surface area contributed by atoms with Crippen LogP contribution in [0.3, 0.4) is 0 Å². The third-order valence-corrected chi connectivity index (χ3v) is 5.24. The van der Waals surface area contributed by atoms with E-state index in [4.69, 9.17) is 23.2 Å². The number of carbonyl (C=O) groups excluding carboxylic acids is 2. The zero-order valence-electron chi connectivity index (χ0n) is 15.1. The maximum Gasteiger partial charge on any atom is 0.319 e. The Hall–Kier alpha value is -2.31. The van der Waals surface area contributed by atoms with Crippen LogP contribution in [-0.4, -0.2) is 41.8 Å². The molecular weight excluding hydrogens is 404 g/mol. The first-order valence-electron chi connectivity index (χ1n) is 8.93. The van der Waals surface area contributed by atoms with Crippen LogP contribution in [0.25, 0.3) is 11.1 Å². The van der Waals surface area contributed by atoms with E-state index in [1.807, 2.05) is 0 Å². The number of carbonyl (C=O) groups is 2. The molecule has 0 atom stereocenters. The van der Waals surface area contributed by atoms with Gasteiger partial charge in [-0.05, 0) is 37.1 Å². The minimum absolute atomic E-state index is 0.0283. The molecule has 5 nitrogen and oxygen atoms in total. The van der Waals surface area contributed by atoms with Gasteiger partial charge in [0.25, 0.3) is 0 Å². The number of benzene rings is 2. The number of rotatable bonds is 4. The van der Waals surface area contributed by atoms with Gasteiger partial charge in [-0.25, -0.2) is 9.18 Å². The summed E-state index contributed by atoms with van der Waals surface area (Å²) < 4.78 is 14.1. The average Bonchev–Trinajstić information content (AvgIpc) is 2.70. The normalized spacial score (nSPS) is 14.6. The second-order valence-electron chi connectivity index (χ2n) is 6.56. The quantitative estimate of drug-likeness (QED) is 0.711. The van der Waals surface area contributed by atoms with E-state index in [1.165, 1.54) is 6.07 Å². The molecule has 2 aromatic rings. The molecule has 0 spiro atoms. The van der Waals surface area contributed by atoms with Crippen molar-refractivity contribution in [1.82, 2.24) is 10.2 Å². The molecule has 0 radical (unpaired) electrons. The van der Waals surface area contributed by atoms with Crippen LogP contribution in [0.15, 0.2) is 42.5 Å². The van der Waals surface area contributed by atoms with Gasteiger partial charge in [-0.1, -0.05) is 29.8 Å². The molecule has 1 saturated heterocycles. The molecule has 0 unspecified atom stereocenters. The van der Waals surface area contributed by atoms with E-state index in [-0.39, 0.29) is 29.7 Å². The van der Waals surface area contributed by atoms with E-state index >= 15 is 0 Å². The van der Waals surface area contributed by atoms with E-state index in [0.29, 0.717) is 47.8 Å². The Morgan fingerprint density at radius 2 is 1.82 bits per heavy atom. The molecule has 1 fully saturated rings. The molecule has 3 amide bonds. The van der Waals surface area contributed by atoms with Gasteiger partial charge in [0, 0.05) is 41.0 Å². The van der Waals surface area contributed by atoms with Gasteiger partial charge in [0.05, 0.1) is 0 Å². The van der Waals surface area contributed by atoms with Crippen LogP contribution in [0.1, 0.15) is 12.8 Å². The maximum atomic E-state index is 14.1. The van der Waals surface area contributed by atoms with E-state index in [0.717, 1.165) is 0 Å². The average molecular weight is 424 g/mol. The molecule has 1 aliphatic heterocycles. The fourth-order valence-corrected chi connectivity index (χ4v) is 3.59. The Balaban J connectivity index is 1.62. The second kappa shape index (κ2) is 9.26. The summed E-state index contributed by atoms with van der Waals surface area (Å²) in [5, 5.41) is 6.06. The number of hydrogen-bond acceptors (Lipinski definition) is 2. The number of nitrogens with zero attached hydrogens (tertiary/aromatic N) is 1. The first-order valence-corrected chi connectivity index (χ1v) is 9.85. The van der Waals surface area contributed by atoms with Crippen LogP contribution in [-0.2, 0) is 4.79 Å². The molecular formula is C20H20Cl2FN3O2. The van der Waals surface area contributed by atoms with Crippen LogP contribution in [0.2, 0.25) is 5.02 Å². The number of amides is 3. The molecule has 1 aliphatic rings. The highest BCUT2D eigenvalue weighted by Crippen LogP contribution is 2.32. The van der Waals surface area contributed by atoms with Crippen LogP contribution < -0.4 is 10.6 Å². The van der Waals surface area contributed by atoms with E-state index in [9.17, 15) is 14.0 Å². The number of hydrogen-bond donors (Lipinski definition) is 2. The van der Waals surface area contributed by atoms with Crippen LogP contribution >= 0.6 is 23.2 Å². The summed E-state index contributed by atoms with van der Waals surface area (Å²) in [5.41, 5.74) is 1.38. The Labute approximate surface area is 172 Å². The summed E-state index contributed by atoms with van der Waals surface area (Å²) in [6.07, 6.45) is 1.33. The molecule has 148 valence electrons. The lowest BCUT2D eigenvalue weighted by Crippen LogP contribution is -2.47. The van der Waals surface area contributed by atoms with Gasteiger partial charge in [0.2, 0.25) is 5.91 Å². The van der Waals surface area contributed by atoms with Crippen LogP contribution in [0.5, 0.6) is 0 Å². The Morgan fingerprint density at radius 3 is 2.50 bits per heavy atom. The first kappa shape index (κ1) is 20.4. The van der Waals surface area contributed by atoms with Gasteiger partial charge in [0.1, 0.15) is 11.7 Å². The lowest BCUT2D eigenvalue weighted by atomic mass is 10.0. The largest absolute Gasteiger partial charge is 0.342 e. The second-order valence-corrected chi connectivity index (χ2v) is 7.24. The smallest absolute Gasteiger partial charge is 0.319 e. The van der Waals surface area contributed by atoms with Crippen molar-refractivity contribution in [2.45, 2.75) is 18.9 Å². The van der Waals surface area contributed by atoms with Crippen LogP contribution in [0.4, 0.5) is 14.9 Å². The summed E-state index contributed by atoms with van der Waals surface area (Å²) in [5.74, 6) is -0.505. The highest BCUT2D eigenvalue weighted by Gasteiger charge is 2.23. The number of nitrogens with one attached hydrogen (secondary N) is 2. The van der Waals surface area contributed by atoms with E-state index < -0.39 is 0 Å². The fourth-order valence-electron chi connectivity index (χ4n) is 3.20. The maximum absolute atomic E-state index is 14.1. The SMILES string of the molecule is O=C(Nc1ccc(Cl)c(-c2ccccc2F)c1)NC1CCN(C(=O)CCl)CC1. The van der Waals surface area contributed by atoms with Crippen molar-refractivity contribution in [3.8, 4) is 11.1 Å². The molecule has 0 aromatic heterocycles. The third-order valence-electron chi connectivity index (χ3n) is 4.69. The standard InChI is InChI=1S/C20H20Cl2FN3O2/c21-12-19(27)26-9-7-13(8-10-26)24-20(28)25-14-5-6-17(22)16(11-14)15-3-1-2-4-18(15)23/h1-6,11,13H,7-10,12H2,(H2,24,25,28). The molecule has 0 saturated carbocycles. The Kier molecular flexibility index (Phi) is 6.75. The zero-order chi connectivity index (χ0) is 20.1. The van der Waals surface area contributed by atoms with Crippen molar-refractivity contribution in [1.29, 1.82) is 0 Å². The van der Waals surface area contributed by atoms with Gasteiger partial charge < -0.3 is 15.5 Å². The topological polar surface area (TPSA) is 61.4 Å². The molecule has 1 heterocycles. The number of anilines is 1. The predicted octanol–water partition coefficient (Wildman–Crippen LogP) is 4.50. The zero-order valence-corrected chi connectivity index (χ0v) is 16.6. The number of alkyl halides is 1. The van der Waals surface area contributed by atoms with Crippen molar-refractivity contribution >= 4 is 40.8 Å². The highest BCUT2D eigenvalue weighted by molar-refractivity contribution is 6.33. The fraction of sp³-hybridized carbons (Fsp3) is 0.300. The minimum atomic E-state index is -0.385. The summed E-state index contributed by atoms with van der Waals surface area (Å²) in [7, 11) is 0. The molecule has 2 aromatic carbocycles. The third kappa shape index (κ3) is 4.94. The van der Waals surface area contributed by atoms with Gasteiger partial charge in [0.15, 0.2) is 0 Å². The minimum Gasteiger partial charge on any atom is -0.342 e. The number of urea groups is 1. The lowest BCUT2D eigenvalue weighted by molar-refractivity contribution is -0.129. The summed E-state index contributed by atoms with van der Waals surface area (Å²) in [4.78, 5) is 25.6. The Bertz CT molecular complexity index is 870. The van der Waals surface area contributed by atoms with Gasteiger partial charge >= 0.3 is 6.03 Å². The predicted molar refractivity (Wildman–Crippen MR) is 109 cm³/mol.